The predicted octanol–water partition coefficient (Wildman–Crippen LogP) is 1.84. The Morgan fingerprint density at radius 3 is 2.48 bits per heavy atom. The van der Waals surface area contributed by atoms with E-state index in [4.69, 9.17) is 5.73 Å². The number of nitrogens with two attached hydrogens (primary N) is 1. The minimum atomic E-state index is -4.44. The van der Waals surface area contributed by atoms with E-state index < -0.39 is 17.6 Å². The Morgan fingerprint density at radius 1 is 1.26 bits per heavy atom. The fourth-order valence-corrected chi connectivity index (χ4v) is 2.59. The van der Waals surface area contributed by atoms with Crippen molar-refractivity contribution in [3.05, 3.63) is 29.8 Å². The molecule has 1 aromatic rings. The molecule has 1 aliphatic heterocycles. The molecule has 3 N–H and O–H groups in total. The monoisotopic (exact) mass is 329 g/mol. The van der Waals surface area contributed by atoms with E-state index in [1.54, 1.807) is 0 Å². The van der Waals surface area contributed by atoms with E-state index in [2.05, 4.69) is 5.32 Å². The Kier molecular flexibility index (Phi) is 5.25. The average Bonchev–Trinajstić information content (AvgIpc) is 2.46. The van der Waals surface area contributed by atoms with E-state index in [-0.39, 0.29) is 24.1 Å². The topological polar surface area (TPSA) is 75.4 Å². The number of nitrogens with zero attached hydrogens (tertiary/aromatic N) is 1. The maximum atomic E-state index is 12.7. The number of hydrogen-bond donors (Lipinski definition) is 2. The zero-order valence-electron chi connectivity index (χ0n) is 12.4. The van der Waals surface area contributed by atoms with Gasteiger partial charge in [0.05, 0.1) is 12.1 Å². The van der Waals surface area contributed by atoms with Crippen LogP contribution in [0, 0.1) is 5.92 Å². The van der Waals surface area contributed by atoms with Crippen molar-refractivity contribution in [3.8, 4) is 0 Å². The lowest BCUT2D eigenvalue weighted by Gasteiger charge is -2.30. The Morgan fingerprint density at radius 2 is 1.91 bits per heavy atom. The standard InChI is InChI=1S/C15H18F3N3O2/c16-15(17,18)11-2-1-3-12(8-11)20-14(23)10-4-6-21(7-5-10)9-13(19)22/h1-3,8,10H,4-7,9H2,(H2,19,22)(H,20,23). The molecule has 1 fully saturated rings. The number of nitrogens with one attached hydrogen (secondary N) is 1. The molecule has 0 bridgehead atoms. The molecule has 1 aliphatic rings. The van der Waals surface area contributed by atoms with Crippen LogP contribution in [0.15, 0.2) is 24.3 Å². The van der Waals surface area contributed by atoms with Gasteiger partial charge in [-0.15, -0.1) is 0 Å². The lowest BCUT2D eigenvalue weighted by atomic mass is 9.95. The molecule has 126 valence electrons. The average molecular weight is 329 g/mol. The van der Waals surface area contributed by atoms with E-state index in [0.29, 0.717) is 25.9 Å². The zero-order valence-corrected chi connectivity index (χ0v) is 12.4. The number of amides is 2. The molecule has 8 heteroatoms. The molecule has 2 amide bonds. The van der Waals surface area contributed by atoms with Crippen molar-refractivity contribution in [1.29, 1.82) is 0 Å². The first kappa shape index (κ1) is 17.3. The number of benzene rings is 1. The number of carbonyl (C=O) groups excluding carboxylic acids is 2. The molecule has 1 aromatic carbocycles. The number of piperidine rings is 1. The van der Waals surface area contributed by atoms with Gasteiger partial charge in [0.2, 0.25) is 11.8 Å². The molecule has 0 unspecified atom stereocenters. The quantitative estimate of drug-likeness (QED) is 0.885. The molecule has 0 aliphatic carbocycles. The van der Waals surface area contributed by atoms with Crippen molar-refractivity contribution >= 4 is 17.5 Å². The van der Waals surface area contributed by atoms with Crippen molar-refractivity contribution in [2.24, 2.45) is 11.7 Å². The highest BCUT2D eigenvalue weighted by Gasteiger charge is 2.31. The summed E-state index contributed by atoms with van der Waals surface area (Å²) in [6.45, 7) is 1.27. The highest BCUT2D eigenvalue weighted by Crippen LogP contribution is 2.31. The summed E-state index contributed by atoms with van der Waals surface area (Å²) < 4.78 is 38.0. The highest BCUT2D eigenvalue weighted by molar-refractivity contribution is 5.92. The lowest BCUT2D eigenvalue weighted by molar-refractivity contribution is -0.137. The van der Waals surface area contributed by atoms with E-state index >= 15 is 0 Å². The smallest absolute Gasteiger partial charge is 0.369 e. The Hall–Kier alpha value is -2.09. The summed E-state index contributed by atoms with van der Waals surface area (Å²) in [5, 5.41) is 2.53. The van der Waals surface area contributed by atoms with E-state index in [1.807, 2.05) is 4.90 Å². The molecule has 0 atom stereocenters. The number of carbonyl (C=O) groups is 2. The SMILES string of the molecule is NC(=O)CN1CCC(C(=O)Nc2cccc(C(F)(F)F)c2)CC1. The Balaban J connectivity index is 1.92. The van der Waals surface area contributed by atoms with Crippen molar-refractivity contribution in [2.45, 2.75) is 19.0 Å². The predicted molar refractivity (Wildman–Crippen MR) is 78.4 cm³/mol. The number of alkyl halides is 3. The van der Waals surface area contributed by atoms with Gasteiger partial charge < -0.3 is 11.1 Å². The minimum Gasteiger partial charge on any atom is -0.369 e. The molecular formula is C15H18F3N3O2. The third kappa shape index (κ3) is 4.95. The summed E-state index contributed by atoms with van der Waals surface area (Å²) >= 11 is 0. The summed E-state index contributed by atoms with van der Waals surface area (Å²) in [6.07, 6.45) is -3.36. The fourth-order valence-electron chi connectivity index (χ4n) is 2.59. The molecule has 0 saturated carbocycles. The van der Waals surface area contributed by atoms with Gasteiger partial charge in [0.1, 0.15) is 0 Å². The summed E-state index contributed by atoms with van der Waals surface area (Å²) in [7, 11) is 0. The highest BCUT2D eigenvalue weighted by atomic mass is 19.4. The second-order valence-electron chi connectivity index (χ2n) is 5.58. The number of rotatable bonds is 4. The fraction of sp³-hybridized carbons (Fsp3) is 0.467. The molecular weight excluding hydrogens is 311 g/mol. The van der Waals surface area contributed by atoms with Crippen LogP contribution in [0.2, 0.25) is 0 Å². The second-order valence-corrected chi connectivity index (χ2v) is 5.58. The summed E-state index contributed by atoms with van der Waals surface area (Å²) in [5.41, 5.74) is 4.45. The van der Waals surface area contributed by atoms with Gasteiger partial charge >= 0.3 is 6.18 Å². The van der Waals surface area contributed by atoms with Crippen LogP contribution in [-0.2, 0) is 15.8 Å². The van der Waals surface area contributed by atoms with Crippen LogP contribution in [0.3, 0.4) is 0 Å². The first-order valence-corrected chi connectivity index (χ1v) is 7.24. The first-order valence-electron chi connectivity index (χ1n) is 7.24. The van der Waals surface area contributed by atoms with Crippen LogP contribution in [0.25, 0.3) is 0 Å². The third-order valence-electron chi connectivity index (χ3n) is 3.80. The van der Waals surface area contributed by atoms with Crippen molar-refractivity contribution in [1.82, 2.24) is 4.90 Å². The maximum absolute atomic E-state index is 12.7. The number of primary amides is 1. The summed E-state index contributed by atoms with van der Waals surface area (Å²) in [6, 6.07) is 4.56. The van der Waals surface area contributed by atoms with Gasteiger partial charge in [-0.05, 0) is 44.1 Å². The van der Waals surface area contributed by atoms with Crippen LogP contribution in [0.4, 0.5) is 18.9 Å². The number of anilines is 1. The molecule has 5 nitrogen and oxygen atoms in total. The molecule has 0 radical (unpaired) electrons. The van der Waals surface area contributed by atoms with Gasteiger partial charge in [0.15, 0.2) is 0 Å². The zero-order chi connectivity index (χ0) is 17.0. The maximum Gasteiger partial charge on any atom is 0.416 e. The normalized spacial score (nSPS) is 17.0. The first-order chi connectivity index (χ1) is 10.8. The molecule has 1 saturated heterocycles. The number of hydrogen-bond acceptors (Lipinski definition) is 3. The van der Waals surface area contributed by atoms with Gasteiger partial charge in [-0.3, -0.25) is 14.5 Å². The van der Waals surface area contributed by atoms with Crippen molar-refractivity contribution < 1.29 is 22.8 Å². The Bertz CT molecular complexity index is 582. The lowest BCUT2D eigenvalue weighted by Crippen LogP contribution is -2.42. The van der Waals surface area contributed by atoms with Gasteiger partial charge in [-0.2, -0.15) is 13.2 Å². The summed E-state index contributed by atoms with van der Waals surface area (Å²) in [4.78, 5) is 24.9. The Labute approximate surface area is 131 Å². The second kappa shape index (κ2) is 6.99. The number of likely N-dealkylation sites (tertiary alicyclic amines) is 1. The minimum absolute atomic E-state index is 0.129. The molecule has 23 heavy (non-hydrogen) atoms. The van der Waals surface area contributed by atoms with Gasteiger partial charge in [-0.1, -0.05) is 6.07 Å². The molecule has 1 heterocycles. The van der Waals surface area contributed by atoms with Gasteiger partial charge in [0, 0.05) is 11.6 Å². The van der Waals surface area contributed by atoms with Crippen LogP contribution in [0.1, 0.15) is 18.4 Å². The van der Waals surface area contributed by atoms with Gasteiger partial charge in [-0.25, -0.2) is 0 Å². The van der Waals surface area contributed by atoms with E-state index in [0.717, 1.165) is 12.1 Å². The number of halogens is 3. The largest absolute Gasteiger partial charge is 0.416 e. The van der Waals surface area contributed by atoms with E-state index in [1.165, 1.54) is 12.1 Å². The van der Waals surface area contributed by atoms with Crippen LogP contribution < -0.4 is 11.1 Å². The molecule has 0 spiro atoms. The molecule has 0 aromatic heterocycles. The van der Waals surface area contributed by atoms with Gasteiger partial charge in [0.25, 0.3) is 0 Å². The molecule has 2 rings (SSSR count). The summed E-state index contributed by atoms with van der Waals surface area (Å²) in [5.74, 6) is -1.01. The van der Waals surface area contributed by atoms with Crippen molar-refractivity contribution in [3.63, 3.8) is 0 Å². The van der Waals surface area contributed by atoms with Crippen LogP contribution >= 0.6 is 0 Å². The van der Waals surface area contributed by atoms with E-state index in [9.17, 15) is 22.8 Å². The third-order valence-corrected chi connectivity index (χ3v) is 3.80. The van der Waals surface area contributed by atoms with Crippen molar-refractivity contribution in [2.75, 3.05) is 25.0 Å². The van der Waals surface area contributed by atoms with Crippen LogP contribution in [-0.4, -0.2) is 36.3 Å². The van der Waals surface area contributed by atoms with Crippen LogP contribution in [0.5, 0.6) is 0 Å².